The van der Waals surface area contributed by atoms with Gasteiger partial charge < -0.3 is 55.4 Å². The van der Waals surface area contributed by atoms with Gasteiger partial charge in [-0.25, -0.2) is 9.59 Å². The molecule has 0 saturated heterocycles. The minimum absolute atomic E-state index is 0.00519. The number of benzene rings is 2. The van der Waals surface area contributed by atoms with Gasteiger partial charge in [-0.3, -0.25) is 9.59 Å². The van der Waals surface area contributed by atoms with E-state index in [0.29, 0.717) is 87.6 Å². The van der Waals surface area contributed by atoms with Crippen LogP contribution in [0.5, 0.6) is 0 Å². The Labute approximate surface area is 379 Å². The number of amides is 2. The van der Waals surface area contributed by atoms with E-state index in [0.717, 1.165) is 24.5 Å². The summed E-state index contributed by atoms with van der Waals surface area (Å²) in [5, 5.41) is 3.74. The molecule has 4 rings (SSSR count). The molecule has 2 aromatic carbocycles. The summed E-state index contributed by atoms with van der Waals surface area (Å²) in [6.45, 7) is 24.5. The lowest BCUT2D eigenvalue weighted by molar-refractivity contribution is 0.0700. The van der Waals surface area contributed by atoms with Crippen molar-refractivity contribution in [3.05, 3.63) is 74.4 Å². The molecule has 0 saturated carbocycles. The summed E-state index contributed by atoms with van der Waals surface area (Å²) in [5.41, 5.74) is -0.355. The fourth-order valence-electron chi connectivity index (χ4n) is 7.99. The monoisotopic (exact) mass is 926 g/mol. The Morgan fingerprint density at radius 1 is 0.594 bits per heavy atom. The number of nitrogens with one attached hydrogen (secondary N) is 1. The number of carbonyl (C=O) groups excluding carboxylic acids is 2. The number of nitrogens with zero attached hydrogens (tertiary/aromatic N) is 3. The van der Waals surface area contributed by atoms with Gasteiger partial charge in [-0.05, 0) is 112 Å². The second-order valence-electron chi connectivity index (χ2n) is 14.7. The number of hydrogen-bond acceptors (Lipinski definition) is 14. The smallest absolute Gasteiger partial charge is 0.422 e. The van der Waals surface area contributed by atoms with Gasteiger partial charge in [-0.1, -0.05) is 0 Å². The first-order valence-corrected chi connectivity index (χ1v) is 26.9. The van der Waals surface area contributed by atoms with Gasteiger partial charge in [0.15, 0.2) is 0 Å². The molecule has 2 heterocycles. The first-order chi connectivity index (χ1) is 30.9. The fraction of sp³-hybridized carbons (Fsp3) is 0.565. The molecule has 18 heteroatoms. The Hall–Kier alpha value is -4.41. The number of hydrogen-bond donors (Lipinski definition) is 1. The van der Waals surface area contributed by atoms with Gasteiger partial charge in [0, 0.05) is 125 Å². The zero-order valence-corrected chi connectivity index (χ0v) is 41.6. The van der Waals surface area contributed by atoms with Crippen LogP contribution < -0.4 is 31.3 Å². The van der Waals surface area contributed by atoms with Gasteiger partial charge in [-0.15, -0.1) is 0 Å². The number of carbonyl (C=O) groups is 2. The van der Waals surface area contributed by atoms with E-state index >= 15 is 4.79 Å². The first-order valence-electron chi connectivity index (χ1n) is 23.0. The highest BCUT2D eigenvalue weighted by molar-refractivity contribution is 6.61. The van der Waals surface area contributed by atoms with E-state index in [2.05, 4.69) is 15.1 Å². The van der Waals surface area contributed by atoms with Crippen LogP contribution in [0.25, 0.3) is 21.9 Å². The predicted octanol–water partition coefficient (Wildman–Crippen LogP) is 7.85. The Balaban J connectivity index is 1.93. The van der Waals surface area contributed by atoms with Gasteiger partial charge in [0.2, 0.25) is 0 Å². The molecular formula is C46H70N4O12Si2. The van der Waals surface area contributed by atoms with Gasteiger partial charge in [-0.2, -0.15) is 0 Å². The topological polar surface area (TPSA) is 172 Å². The van der Waals surface area contributed by atoms with E-state index in [-0.39, 0.29) is 36.3 Å². The third kappa shape index (κ3) is 12.7. The van der Waals surface area contributed by atoms with Crippen LogP contribution in [0.4, 0.5) is 17.1 Å². The third-order valence-corrected chi connectivity index (χ3v) is 17.1. The summed E-state index contributed by atoms with van der Waals surface area (Å²) < 4.78 is 48.3. The Morgan fingerprint density at radius 3 is 1.56 bits per heavy atom. The average molecular weight is 927 g/mol. The van der Waals surface area contributed by atoms with Crippen LogP contribution in [-0.2, 0) is 26.6 Å². The normalized spacial score (nSPS) is 12.0. The molecule has 0 aliphatic heterocycles. The zero-order chi connectivity index (χ0) is 46.9. The lowest BCUT2D eigenvalue weighted by atomic mass is 10.1. The Morgan fingerprint density at radius 2 is 1.06 bits per heavy atom. The molecule has 354 valence electrons. The predicted molar refractivity (Wildman–Crippen MR) is 256 cm³/mol. The number of fused-ring (bicyclic) bond motifs is 2. The molecule has 0 bridgehead atoms. The maximum absolute atomic E-state index is 15.2. The quantitative estimate of drug-likeness (QED) is 0.0317. The SMILES string of the molecule is CCO[Si](CCCNC(=O)c1c(N(CCC[Si](OCC)(OCC)OCC)C(=O)c2cc3ccc(N(CC)CC)cc3oc2=O)c2ccc(N(CC)CC)cc2oc1=O)(OCC)OCC. The van der Waals surface area contributed by atoms with Crippen molar-refractivity contribution in [3.63, 3.8) is 0 Å². The molecule has 64 heavy (non-hydrogen) atoms. The maximum Gasteiger partial charge on any atom is 0.500 e. The van der Waals surface area contributed by atoms with Crippen LogP contribution in [0.1, 0.15) is 103 Å². The van der Waals surface area contributed by atoms with Crippen molar-refractivity contribution in [2.75, 3.05) is 93.6 Å². The molecular weight excluding hydrogens is 857 g/mol. The van der Waals surface area contributed by atoms with E-state index in [4.69, 9.17) is 35.4 Å². The van der Waals surface area contributed by atoms with E-state index in [1.165, 1.54) is 11.0 Å². The molecule has 0 radical (unpaired) electrons. The number of rotatable bonds is 29. The fourth-order valence-corrected chi connectivity index (χ4v) is 13.2. The standard InChI is InChI=1S/C46H70N4O12Si2/c1-11-48(12-2)35-24-23-34-31-38(45(53)61-39(34)32-35)44(52)50(28-22-30-64(58-18-8,59-19-9)60-20-10)42-37-26-25-36(49(13-3)14-4)33-40(37)62-46(54)41(42)43(51)47-27-21-29-63(55-15-5,56-16-6)57-17-7/h23-26,31-33H,11-22,27-30H2,1-10H3,(H,47,51). The van der Waals surface area contributed by atoms with Gasteiger partial charge in [0.05, 0.1) is 5.69 Å². The molecule has 4 aromatic rings. The van der Waals surface area contributed by atoms with Gasteiger partial charge in [0.25, 0.3) is 11.8 Å². The first kappa shape index (κ1) is 52.2. The van der Waals surface area contributed by atoms with Crippen molar-refractivity contribution < 1.29 is 45.0 Å². The molecule has 16 nitrogen and oxygen atoms in total. The van der Waals surface area contributed by atoms with E-state index in [1.54, 1.807) is 24.3 Å². The van der Waals surface area contributed by atoms with Gasteiger partial charge in [0.1, 0.15) is 22.3 Å². The van der Waals surface area contributed by atoms with Crippen molar-refractivity contribution in [3.8, 4) is 0 Å². The molecule has 0 atom stereocenters. The summed E-state index contributed by atoms with van der Waals surface area (Å²) in [7, 11) is -6.28. The molecule has 0 aliphatic rings. The van der Waals surface area contributed by atoms with Crippen molar-refractivity contribution in [1.82, 2.24) is 5.32 Å². The second kappa shape index (κ2) is 25.3. The van der Waals surface area contributed by atoms with Crippen LogP contribution in [0, 0.1) is 0 Å². The van der Waals surface area contributed by atoms with Crippen LogP contribution in [0.2, 0.25) is 12.1 Å². The minimum atomic E-state index is -3.24. The van der Waals surface area contributed by atoms with Crippen LogP contribution >= 0.6 is 0 Å². The molecule has 2 amide bonds. The summed E-state index contributed by atoms with van der Waals surface area (Å²) in [5.74, 6) is -1.53. The van der Waals surface area contributed by atoms with E-state index < -0.39 is 46.2 Å². The lowest BCUT2D eigenvalue weighted by Gasteiger charge is -2.30. The van der Waals surface area contributed by atoms with Gasteiger partial charge >= 0.3 is 28.9 Å². The van der Waals surface area contributed by atoms with Crippen molar-refractivity contribution in [1.29, 1.82) is 0 Å². The minimum Gasteiger partial charge on any atom is -0.422 e. The van der Waals surface area contributed by atoms with E-state index in [9.17, 15) is 14.4 Å². The molecule has 1 N–H and O–H groups in total. The summed E-state index contributed by atoms with van der Waals surface area (Å²) >= 11 is 0. The van der Waals surface area contributed by atoms with Crippen molar-refractivity contribution >= 4 is 68.4 Å². The highest BCUT2D eigenvalue weighted by Crippen LogP contribution is 2.34. The lowest BCUT2D eigenvalue weighted by Crippen LogP contribution is -2.47. The van der Waals surface area contributed by atoms with E-state index in [1.807, 2.05) is 81.4 Å². The molecule has 0 unspecified atom stereocenters. The molecule has 2 aromatic heterocycles. The van der Waals surface area contributed by atoms with Crippen LogP contribution in [0.15, 0.2) is 60.9 Å². The highest BCUT2D eigenvalue weighted by atomic mass is 28.4. The summed E-state index contributed by atoms with van der Waals surface area (Å²) in [6, 6.07) is 13.0. The van der Waals surface area contributed by atoms with Crippen LogP contribution in [-0.4, -0.2) is 108 Å². The van der Waals surface area contributed by atoms with Crippen molar-refractivity contribution in [2.45, 2.75) is 94.2 Å². The zero-order valence-electron chi connectivity index (χ0n) is 39.6. The third-order valence-electron chi connectivity index (χ3n) is 10.8. The Kier molecular flexibility index (Phi) is 20.7. The largest absolute Gasteiger partial charge is 0.500 e. The average Bonchev–Trinajstić information content (AvgIpc) is 3.27. The second-order valence-corrected chi connectivity index (χ2v) is 20.2. The molecule has 0 aliphatic carbocycles. The summed E-state index contributed by atoms with van der Waals surface area (Å²) in [6.07, 6.45) is 0.665. The molecule has 0 spiro atoms. The Bertz CT molecular complexity index is 2210. The maximum atomic E-state index is 15.2. The van der Waals surface area contributed by atoms with Crippen molar-refractivity contribution in [2.24, 2.45) is 0 Å². The summed E-state index contributed by atoms with van der Waals surface area (Å²) in [4.78, 5) is 63.5. The number of anilines is 3. The highest BCUT2D eigenvalue weighted by Gasteiger charge is 2.42. The van der Waals surface area contributed by atoms with Crippen LogP contribution in [0.3, 0.4) is 0 Å². The molecule has 0 fully saturated rings.